The van der Waals surface area contributed by atoms with Gasteiger partial charge in [-0.2, -0.15) is 4.31 Å². The second-order valence-electron chi connectivity index (χ2n) is 6.87. The van der Waals surface area contributed by atoms with Crippen molar-refractivity contribution < 1.29 is 22.7 Å². The molecule has 0 aliphatic carbocycles. The maximum atomic E-state index is 12.5. The summed E-state index contributed by atoms with van der Waals surface area (Å²) in [7, 11) is -3.40. The predicted molar refractivity (Wildman–Crippen MR) is 104 cm³/mol. The van der Waals surface area contributed by atoms with Crippen molar-refractivity contribution in [2.24, 2.45) is 0 Å². The van der Waals surface area contributed by atoms with Gasteiger partial charge in [-0.25, -0.2) is 8.42 Å². The van der Waals surface area contributed by atoms with E-state index in [0.29, 0.717) is 48.0 Å². The van der Waals surface area contributed by atoms with Crippen LogP contribution in [0.3, 0.4) is 0 Å². The summed E-state index contributed by atoms with van der Waals surface area (Å²) in [6.45, 7) is 1.37. The molecule has 1 saturated heterocycles. The fraction of sp³-hybridized carbons (Fsp3) is 0.350. The molecule has 0 spiro atoms. The van der Waals surface area contributed by atoms with Crippen LogP contribution in [0, 0.1) is 0 Å². The molecule has 2 heterocycles. The fourth-order valence-electron chi connectivity index (χ4n) is 3.36. The predicted octanol–water partition coefficient (Wildman–Crippen LogP) is 2.77. The number of fused-ring (bicyclic) bond motifs is 1. The van der Waals surface area contributed by atoms with E-state index >= 15 is 0 Å². The lowest BCUT2D eigenvalue weighted by Gasteiger charge is -2.15. The lowest BCUT2D eigenvalue weighted by molar-refractivity contribution is -0.116. The molecule has 0 aromatic heterocycles. The SMILES string of the molecule is O=C(CCc1ccc(S(=O)(=O)N2CCCC2)cc1)Nc1ccc2c(c1)OCO2. The van der Waals surface area contributed by atoms with Crippen molar-refractivity contribution in [3.05, 3.63) is 48.0 Å². The van der Waals surface area contributed by atoms with Gasteiger partial charge in [0.05, 0.1) is 4.90 Å². The third-order valence-electron chi connectivity index (χ3n) is 4.92. The summed E-state index contributed by atoms with van der Waals surface area (Å²) >= 11 is 0. The average Bonchev–Trinajstić information content (AvgIpc) is 3.38. The van der Waals surface area contributed by atoms with Crippen LogP contribution in [0.4, 0.5) is 5.69 Å². The zero-order valence-corrected chi connectivity index (χ0v) is 16.2. The largest absolute Gasteiger partial charge is 0.454 e. The molecule has 28 heavy (non-hydrogen) atoms. The van der Waals surface area contributed by atoms with Gasteiger partial charge < -0.3 is 14.8 Å². The summed E-state index contributed by atoms with van der Waals surface area (Å²) in [6.07, 6.45) is 2.65. The first-order valence-electron chi connectivity index (χ1n) is 9.31. The van der Waals surface area contributed by atoms with E-state index in [0.717, 1.165) is 18.4 Å². The van der Waals surface area contributed by atoms with Gasteiger partial charge in [-0.05, 0) is 49.1 Å². The Hall–Kier alpha value is -2.58. The van der Waals surface area contributed by atoms with E-state index in [9.17, 15) is 13.2 Å². The van der Waals surface area contributed by atoms with Crippen LogP contribution in [0.5, 0.6) is 11.5 Å². The second-order valence-corrected chi connectivity index (χ2v) is 8.81. The van der Waals surface area contributed by atoms with Gasteiger partial charge in [0, 0.05) is 31.3 Å². The number of nitrogens with zero attached hydrogens (tertiary/aromatic N) is 1. The molecular weight excluding hydrogens is 380 g/mol. The number of carbonyl (C=O) groups is 1. The molecule has 8 heteroatoms. The molecule has 0 atom stereocenters. The smallest absolute Gasteiger partial charge is 0.243 e. The highest BCUT2D eigenvalue weighted by molar-refractivity contribution is 7.89. The standard InChI is InChI=1S/C20H22N2O5S/c23-20(21-16-6-9-18-19(13-16)27-14-26-18)10-5-15-3-7-17(8-4-15)28(24,25)22-11-1-2-12-22/h3-4,6-9,13H,1-2,5,10-12,14H2,(H,21,23). The minimum absolute atomic E-state index is 0.118. The van der Waals surface area contributed by atoms with Gasteiger partial charge in [-0.1, -0.05) is 12.1 Å². The summed E-state index contributed by atoms with van der Waals surface area (Å²) in [5.41, 5.74) is 1.57. The Morgan fingerprint density at radius 1 is 1.00 bits per heavy atom. The molecule has 2 aliphatic heterocycles. The molecule has 0 unspecified atom stereocenters. The Labute approximate surface area is 164 Å². The van der Waals surface area contributed by atoms with Gasteiger partial charge in [-0.3, -0.25) is 4.79 Å². The lowest BCUT2D eigenvalue weighted by Crippen LogP contribution is -2.27. The van der Waals surface area contributed by atoms with Crippen LogP contribution in [0.15, 0.2) is 47.4 Å². The molecule has 1 fully saturated rings. The number of nitrogens with one attached hydrogen (secondary N) is 1. The number of hydrogen-bond acceptors (Lipinski definition) is 5. The quantitative estimate of drug-likeness (QED) is 0.803. The number of amides is 1. The third kappa shape index (κ3) is 3.98. The van der Waals surface area contributed by atoms with Gasteiger partial charge in [0.25, 0.3) is 0 Å². The molecular formula is C20H22N2O5S. The maximum Gasteiger partial charge on any atom is 0.243 e. The van der Waals surface area contributed by atoms with Crippen molar-refractivity contribution in [2.75, 3.05) is 25.2 Å². The number of benzene rings is 2. The first kappa shape index (κ1) is 18.8. The van der Waals surface area contributed by atoms with E-state index in [1.54, 1.807) is 42.5 Å². The van der Waals surface area contributed by atoms with E-state index < -0.39 is 10.0 Å². The van der Waals surface area contributed by atoms with Crippen molar-refractivity contribution in [1.29, 1.82) is 0 Å². The number of sulfonamides is 1. The van der Waals surface area contributed by atoms with Crippen molar-refractivity contribution in [3.8, 4) is 11.5 Å². The van der Waals surface area contributed by atoms with E-state index in [1.165, 1.54) is 4.31 Å². The van der Waals surface area contributed by atoms with Gasteiger partial charge in [0.15, 0.2) is 11.5 Å². The number of carbonyl (C=O) groups excluding carboxylic acids is 1. The minimum atomic E-state index is -3.40. The monoisotopic (exact) mass is 402 g/mol. The average molecular weight is 402 g/mol. The third-order valence-corrected chi connectivity index (χ3v) is 6.84. The summed E-state index contributed by atoms with van der Waals surface area (Å²) in [5.74, 6) is 1.17. The van der Waals surface area contributed by atoms with E-state index in [4.69, 9.17) is 9.47 Å². The first-order chi connectivity index (χ1) is 13.5. The molecule has 4 rings (SSSR count). The topological polar surface area (TPSA) is 84.9 Å². The van der Waals surface area contributed by atoms with Crippen molar-refractivity contribution in [3.63, 3.8) is 0 Å². The summed E-state index contributed by atoms with van der Waals surface area (Å²) in [4.78, 5) is 12.5. The van der Waals surface area contributed by atoms with Gasteiger partial charge in [0.2, 0.25) is 22.7 Å². The Morgan fingerprint density at radius 2 is 1.71 bits per heavy atom. The fourth-order valence-corrected chi connectivity index (χ4v) is 4.88. The molecule has 148 valence electrons. The zero-order chi connectivity index (χ0) is 19.6. The Morgan fingerprint density at radius 3 is 2.46 bits per heavy atom. The normalized spacial score (nSPS) is 16.3. The molecule has 0 saturated carbocycles. The molecule has 7 nitrogen and oxygen atoms in total. The van der Waals surface area contributed by atoms with Gasteiger partial charge in [-0.15, -0.1) is 0 Å². The molecule has 0 radical (unpaired) electrons. The molecule has 2 aromatic rings. The van der Waals surface area contributed by atoms with E-state index in [-0.39, 0.29) is 12.7 Å². The highest BCUT2D eigenvalue weighted by Crippen LogP contribution is 2.34. The molecule has 2 aliphatic rings. The van der Waals surface area contributed by atoms with Crippen LogP contribution in [-0.2, 0) is 21.2 Å². The van der Waals surface area contributed by atoms with Gasteiger partial charge >= 0.3 is 0 Å². The summed E-state index contributed by atoms with van der Waals surface area (Å²) in [6, 6.07) is 12.1. The van der Waals surface area contributed by atoms with Crippen LogP contribution < -0.4 is 14.8 Å². The highest BCUT2D eigenvalue weighted by Gasteiger charge is 2.26. The molecule has 0 bridgehead atoms. The number of anilines is 1. The molecule has 1 N–H and O–H groups in total. The Kier molecular flexibility index (Phi) is 5.23. The summed E-state index contributed by atoms with van der Waals surface area (Å²) < 4.78 is 37.2. The first-order valence-corrected chi connectivity index (χ1v) is 10.7. The van der Waals surface area contributed by atoms with Crippen LogP contribution >= 0.6 is 0 Å². The van der Waals surface area contributed by atoms with E-state index in [1.807, 2.05) is 0 Å². The van der Waals surface area contributed by atoms with Gasteiger partial charge in [0.1, 0.15) is 0 Å². The van der Waals surface area contributed by atoms with Crippen LogP contribution in [0.2, 0.25) is 0 Å². The maximum absolute atomic E-state index is 12.5. The number of hydrogen-bond donors (Lipinski definition) is 1. The zero-order valence-electron chi connectivity index (χ0n) is 15.4. The van der Waals surface area contributed by atoms with Crippen molar-refractivity contribution in [2.45, 2.75) is 30.6 Å². The Bertz CT molecular complexity index is 967. The lowest BCUT2D eigenvalue weighted by atomic mass is 10.1. The second kappa shape index (κ2) is 7.81. The molecule has 1 amide bonds. The van der Waals surface area contributed by atoms with Crippen molar-refractivity contribution >= 4 is 21.6 Å². The highest BCUT2D eigenvalue weighted by atomic mass is 32.2. The summed E-state index contributed by atoms with van der Waals surface area (Å²) in [5, 5.41) is 2.84. The number of aryl methyl sites for hydroxylation is 1. The number of rotatable bonds is 6. The van der Waals surface area contributed by atoms with Crippen LogP contribution in [0.25, 0.3) is 0 Å². The minimum Gasteiger partial charge on any atom is -0.454 e. The van der Waals surface area contributed by atoms with Crippen LogP contribution in [0.1, 0.15) is 24.8 Å². The van der Waals surface area contributed by atoms with E-state index in [2.05, 4.69) is 5.32 Å². The van der Waals surface area contributed by atoms with Crippen molar-refractivity contribution in [1.82, 2.24) is 4.31 Å². The molecule has 2 aromatic carbocycles. The van der Waals surface area contributed by atoms with Crippen LogP contribution in [-0.4, -0.2) is 38.5 Å². The number of ether oxygens (including phenoxy) is 2. The Balaban J connectivity index is 1.33.